The fourth-order valence-electron chi connectivity index (χ4n) is 2.47. The highest BCUT2D eigenvalue weighted by molar-refractivity contribution is 5.43. The van der Waals surface area contributed by atoms with Crippen LogP contribution in [0.25, 0.3) is 0 Å². The predicted molar refractivity (Wildman–Crippen MR) is 79.1 cm³/mol. The fourth-order valence-corrected chi connectivity index (χ4v) is 2.47. The summed E-state index contributed by atoms with van der Waals surface area (Å²) in [5, 5.41) is 0. The highest BCUT2D eigenvalue weighted by atomic mass is 16.5. The number of benzene rings is 2. The van der Waals surface area contributed by atoms with Gasteiger partial charge in [0.15, 0.2) is 0 Å². The van der Waals surface area contributed by atoms with Gasteiger partial charge >= 0.3 is 0 Å². The van der Waals surface area contributed by atoms with Crippen molar-refractivity contribution >= 4 is 0 Å². The van der Waals surface area contributed by atoms with Crippen molar-refractivity contribution in [3.05, 3.63) is 59.2 Å². The van der Waals surface area contributed by atoms with Crippen LogP contribution in [-0.2, 0) is 12.8 Å². The minimum absolute atomic E-state index is 0.616. The smallest absolute Gasteiger partial charge is 0.127 e. The second-order valence-electron chi connectivity index (χ2n) is 5.41. The summed E-state index contributed by atoms with van der Waals surface area (Å²) in [6, 6.07) is 14.9. The summed E-state index contributed by atoms with van der Waals surface area (Å²) in [5.74, 6) is 2.49. The molecule has 2 aromatic rings. The first-order chi connectivity index (χ1) is 9.26. The van der Waals surface area contributed by atoms with Gasteiger partial charge in [-0.2, -0.15) is 0 Å². The van der Waals surface area contributed by atoms with Crippen LogP contribution in [0.2, 0.25) is 0 Å². The highest BCUT2D eigenvalue weighted by Gasteiger charge is 2.13. The number of rotatable bonds is 4. The molecule has 1 aliphatic carbocycles. The molecule has 0 saturated heterocycles. The minimum Gasteiger partial charge on any atom is -0.457 e. The van der Waals surface area contributed by atoms with E-state index >= 15 is 0 Å². The number of aryl methyl sites for hydroxylation is 2. The maximum Gasteiger partial charge on any atom is 0.127 e. The summed E-state index contributed by atoms with van der Waals surface area (Å²) in [6.07, 6.45) is 3.59. The molecule has 0 aromatic heterocycles. The van der Waals surface area contributed by atoms with Crippen LogP contribution >= 0.6 is 0 Å². The molecule has 1 aliphatic rings. The average molecular weight is 252 g/mol. The van der Waals surface area contributed by atoms with Crippen LogP contribution in [0.4, 0.5) is 0 Å². The zero-order chi connectivity index (χ0) is 13.2. The minimum atomic E-state index is 0.616. The van der Waals surface area contributed by atoms with E-state index < -0.39 is 0 Å². The zero-order valence-electron chi connectivity index (χ0n) is 11.6. The van der Waals surface area contributed by atoms with Crippen LogP contribution in [0.3, 0.4) is 0 Å². The van der Waals surface area contributed by atoms with E-state index in [0.717, 1.165) is 11.5 Å². The zero-order valence-corrected chi connectivity index (χ0v) is 11.6. The molecule has 1 atom stereocenters. The molecule has 3 rings (SSSR count). The van der Waals surface area contributed by atoms with E-state index in [-0.39, 0.29) is 0 Å². The molecule has 1 nitrogen and oxygen atoms in total. The second-order valence-corrected chi connectivity index (χ2v) is 5.41. The third-order valence-electron chi connectivity index (χ3n) is 4.14. The van der Waals surface area contributed by atoms with E-state index in [9.17, 15) is 0 Å². The Bertz CT molecular complexity index is 569. The van der Waals surface area contributed by atoms with Crippen LogP contribution in [0.5, 0.6) is 11.5 Å². The third kappa shape index (κ3) is 2.51. The summed E-state index contributed by atoms with van der Waals surface area (Å²) < 4.78 is 5.92. The molecule has 1 unspecified atom stereocenters. The SMILES string of the molecule is CCC(C)c1ccc(Oc2ccc3c(c2)CC3)cc1. The van der Waals surface area contributed by atoms with Gasteiger partial charge in [-0.1, -0.05) is 32.0 Å². The van der Waals surface area contributed by atoms with Gasteiger partial charge < -0.3 is 4.74 Å². The van der Waals surface area contributed by atoms with Crippen molar-refractivity contribution in [2.45, 2.75) is 39.0 Å². The topological polar surface area (TPSA) is 9.23 Å². The Kier molecular flexibility index (Phi) is 3.29. The highest BCUT2D eigenvalue weighted by Crippen LogP contribution is 2.30. The number of hydrogen-bond acceptors (Lipinski definition) is 1. The van der Waals surface area contributed by atoms with Gasteiger partial charge in [-0.05, 0) is 66.1 Å². The number of fused-ring (bicyclic) bond motifs is 1. The standard InChI is InChI=1S/C18H20O/c1-3-13(2)14-6-9-17(10-7-14)19-18-11-8-15-4-5-16(15)12-18/h6-13H,3-5H2,1-2H3. The first kappa shape index (κ1) is 12.3. The van der Waals surface area contributed by atoms with E-state index in [1.54, 1.807) is 0 Å². The molecular formula is C18H20O. The van der Waals surface area contributed by atoms with E-state index in [4.69, 9.17) is 4.74 Å². The molecule has 0 amide bonds. The van der Waals surface area contributed by atoms with Crippen LogP contribution in [0.15, 0.2) is 42.5 Å². The summed E-state index contributed by atoms with van der Waals surface area (Å²) in [6.45, 7) is 4.48. The summed E-state index contributed by atoms with van der Waals surface area (Å²) >= 11 is 0. The molecule has 1 heteroatoms. The Morgan fingerprint density at radius 2 is 1.63 bits per heavy atom. The molecule has 0 radical (unpaired) electrons. The molecule has 0 N–H and O–H groups in total. The quantitative estimate of drug-likeness (QED) is 0.736. The van der Waals surface area contributed by atoms with Crippen molar-refractivity contribution in [3.8, 4) is 11.5 Å². The van der Waals surface area contributed by atoms with Gasteiger partial charge in [0.1, 0.15) is 11.5 Å². The molecule has 0 aliphatic heterocycles. The maximum atomic E-state index is 5.92. The summed E-state index contributed by atoms with van der Waals surface area (Å²) in [4.78, 5) is 0. The lowest BCUT2D eigenvalue weighted by Crippen LogP contribution is -2.07. The van der Waals surface area contributed by atoms with Gasteiger partial charge in [0.05, 0.1) is 0 Å². The van der Waals surface area contributed by atoms with Gasteiger partial charge in [-0.15, -0.1) is 0 Å². The average Bonchev–Trinajstić information content (AvgIpc) is 2.42. The van der Waals surface area contributed by atoms with E-state index in [1.165, 1.54) is 36.0 Å². The van der Waals surface area contributed by atoms with Crippen LogP contribution in [0.1, 0.15) is 42.9 Å². The second kappa shape index (κ2) is 5.08. The van der Waals surface area contributed by atoms with Gasteiger partial charge in [0, 0.05) is 0 Å². The first-order valence-corrected chi connectivity index (χ1v) is 7.16. The van der Waals surface area contributed by atoms with Crippen molar-refractivity contribution in [1.82, 2.24) is 0 Å². The Hall–Kier alpha value is -1.76. The lowest BCUT2D eigenvalue weighted by atomic mass is 9.89. The Morgan fingerprint density at radius 1 is 0.947 bits per heavy atom. The van der Waals surface area contributed by atoms with Crippen molar-refractivity contribution in [2.24, 2.45) is 0 Å². The summed E-state index contributed by atoms with van der Waals surface area (Å²) in [7, 11) is 0. The Labute approximate surface area is 115 Å². The van der Waals surface area contributed by atoms with Gasteiger partial charge in [0.25, 0.3) is 0 Å². The van der Waals surface area contributed by atoms with Crippen molar-refractivity contribution in [2.75, 3.05) is 0 Å². The predicted octanol–water partition coefficient (Wildman–Crippen LogP) is 5.09. The third-order valence-corrected chi connectivity index (χ3v) is 4.14. The van der Waals surface area contributed by atoms with Gasteiger partial charge in [-0.3, -0.25) is 0 Å². The lowest BCUT2D eigenvalue weighted by molar-refractivity contribution is 0.480. The van der Waals surface area contributed by atoms with Crippen LogP contribution in [0, 0.1) is 0 Å². The first-order valence-electron chi connectivity index (χ1n) is 7.16. The van der Waals surface area contributed by atoms with Gasteiger partial charge in [-0.25, -0.2) is 0 Å². The molecule has 98 valence electrons. The lowest BCUT2D eigenvalue weighted by Gasteiger charge is -2.19. The molecule has 0 saturated carbocycles. The van der Waals surface area contributed by atoms with Crippen LogP contribution < -0.4 is 4.74 Å². The Balaban J connectivity index is 1.74. The Morgan fingerprint density at radius 3 is 2.21 bits per heavy atom. The van der Waals surface area contributed by atoms with Crippen molar-refractivity contribution in [3.63, 3.8) is 0 Å². The number of hydrogen-bond donors (Lipinski definition) is 0. The van der Waals surface area contributed by atoms with E-state index in [2.05, 4.69) is 56.3 Å². The molecule has 0 fully saturated rings. The maximum absolute atomic E-state index is 5.92. The molecule has 2 aromatic carbocycles. The molecule has 19 heavy (non-hydrogen) atoms. The van der Waals surface area contributed by atoms with Crippen molar-refractivity contribution in [1.29, 1.82) is 0 Å². The molecule has 0 bridgehead atoms. The van der Waals surface area contributed by atoms with Crippen molar-refractivity contribution < 1.29 is 4.74 Å². The normalized spacial score (nSPS) is 14.4. The molecule has 0 spiro atoms. The van der Waals surface area contributed by atoms with Gasteiger partial charge in [0.2, 0.25) is 0 Å². The monoisotopic (exact) mass is 252 g/mol. The molecular weight excluding hydrogens is 232 g/mol. The summed E-state index contributed by atoms with van der Waals surface area (Å²) in [5.41, 5.74) is 4.29. The number of ether oxygens (including phenoxy) is 1. The fraction of sp³-hybridized carbons (Fsp3) is 0.333. The van der Waals surface area contributed by atoms with E-state index in [0.29, 0.717) is 5.92 Å². The van der Waals surface area contributed by atoms with Crippen LogP contribution in [-0.4, -0.2) is 0 Å². The molecule has 0 heterocycles. The largest absolute Gasteiger partial charge is 0.457 e. The van der Waals surface area contributed by atoms with E-state index in [1.807, 2.05) is 0 Å².